The molecule has 0 spiro atoms. The summed E-state index contributed by atoms with van der Waals surface area (Å²) in [6, 6.07) is 9.94. The van der Waals surface area contributed by atoms with Crippen molar-refractivity contribution in [3.8, 4) is 0 Å². The molecule has 4 nitrogen and oxygen atoms in total. The van der Waals surface area contributed by atoms with Gasteiger partial charge in [0.2, 0.25) is 5.91 Å². The van der Waals surface area contributed by atoms with E-state index in [0.29, 0.717) is 19.5 Å². The van der Waals surface area contributed by atoms with Gasteiger partial charge in [-0.3, -0.25) is 4.79 Å². The summed E-state index contributed by atoms with van der Waals surface area (Å²) in [5, 5.41) is -0.349. The number of likely N-dealkylation sites (tertiary alicyclic amines) is 1. The van der Waals surface area contributed by atoms with E-state index in [-0.39, 0.29) is 16.9 Å². The first kappa shape index (κ1) is 15.4. The van der Waals surface area contributed by atoms with Crippen LogP contribution in [0.3, 0.4) is 0 Å². The lowest BCUT2D eigenvalue weighted by atomic mass is 10.2. The zero-order valence-corrected chi connectivity index (χ0v) is 13.1. The Morgan fingerprint density at radius 1 is 1.30 bits per heavy atom. The number of benzene rings is 1. The first-order valence-electron chi connectivity index (χ1n) is 6.70. The van der Waals surface area contributed by atoms with Crippen LogP contribution in [0, 0.1) is 0 Å². The van der Waals surface area contributed by atoms with Gasteiger partial charge in [-0.25, -0.2) is 8.42 Å². The van der Waals surface area contributed by atoms with Crippen LogP contribution < -0.4 is 0 Å². The van der Waals surface area contributed by atoms with Gasteiger partial charge in [0.15, 0.2) is 9.84 Å². The van der Waals surface area contributed by atoms with Gasteiger partial charge in [-0.15, -0.1) is 11.8 Å². The predicted molar refractivity (Wildman–Crippen MR) is 81.6 cm³/mol. The summed E-state index contributed by atoms with van der Waals surface area (Å²) >= 11 is 1.65. The minimum Gasteiger partial charge on any atom is -0.340 e. The van der Waals surface area contributed by atoms with Gasteiger partial charge in [-0.1, -0.05) is 25.1 Å². The third-order valence-electron chi connectivity index (χ3n) is 3.44. The van der Waals surface area contributed by atoms with Crippen molar-refractivity contribution < 1.29 is 13.2 Å². The molecule has 0 radical (unpaired) electrons. The SMILES string of the molecule is CCS(=O)(=O)C1CN(C(=O)CCSc2ccccc2)C1. The van der Waals surface area contributed by atoms with Gasteiger partial charge in [0, 0.05) is 35.9 Å². The lowest BCUT2D eigenvalue weighted by Gasteiger charge is -2.38. The molecule has 2 rings (SSSR count). The van der Waals surface area contributed by atoms with Crippen molar-refractivity contribution in [2.75, 3.05) is 24.6 Å². The largest absolute Gasteiger partial charge is 0.340 e. The molecule has 1 fully saturated rings. The van der Waals surface area contributed by atoms with Crippen LogP contribution in [0.1, 0.15) is 13.3 Å². The Morgan fingerprint density at radius 3 is 2.55 bits per heavy atom. The smallest absolute Gasteiger partial charge is 0.223 e. The van der Waals surface area contributed by atoms with Crippen molar-refractivity contribution in [3.05, 3.63) is 30.3 Å². The third kappa shape index (κ3) is 3.76. The van der Waals surface area contributed by atoms with E-state index in [4.69, 9.17) is 0 Å². The second-order valence-corrected chi connectivity index (χ2v) is 8.52. The van der Waals surface area contributed by atoms with Crippen molar-refractivity contribution >= 4 is 27.5 Å². The molecular formula is C14H19NO3S2. The van der Waals surface area contributed by atoms with Crippen molar-refractivity contribution in [1.82, 2.24) is 4.90 Å². The normalized spacial score (nSPS) is 15.9. The average Bonchev–Trinajstić information content (AvgIpc) is 2.38. The molecule has 0 aromatic heterocycles. The average molecular weight is 313 g/mol. The first-order valence-corrected chi connectivity index (χ1v) is 9.40. The van der Waals surface area contributed by atoms with Crippen LogP contribution in [0.4, 0.5) is 0 Å². The number of carbonyl (C=O) groups excluding carboxylic acids is 1. The molecule has 1 aromatic carbocycles. The fourth-order valence-electron chi connectivity index (χ4n) is 2.04. The van der Waals surface area contributed by atoms with Crippen molar-refractivity contribution in [3.63, 3.8) is 0 Å². The summed E-state index contributed by atoms with van der Waals surface area (Å²) in [5.41, 5.74) is 0. The molecule has 1 saturated heterocycles. The first-order chi connectivity index (χ1) is 9.53. The Kier molecular flexibility index (Phi) is 5.10. The molecule has 6 heteroatoms. The van der Waals surface area contributed by atoms with Gasteiger partial charge in [0.05, 0.1) is 5.25 Å². The van der Waals surface area contributed by atoms with Crippen LogP contribution in [0.2, 0.25) is 0 Å². The van der Waals surface area contributed by atoms with Gasteiger partial charge >= 0.3 is 0 Å². The highest BCUT2D eigenvalue weighted by Gasteiger charge is 2.38. The van der Waals surface area contributed by atoms with Crippen molar-refractivity contribution in [1.29, 1.82) is 0 Å². The van der Waals surface area contributed by atoms with Gasteiger partial charge < -0.3 is 4.90 Å². The monoisotopic (exact) mass is 313 g/mol. The van der Waals surface area contributed by atoms with E-state index >= 15 is 0 Å². The quantitative estimate of drug-likeness (QED) is 0.752. The fourth-order valence-corrected chi connectivity index (χ4v) is 4.18. The summed E-state index contributed by atoms with van der Waals surface area (Å²) in [6.07, 6.45) is 0.457. The number of thioether (sulfide) groups is 1. The summed E-state index contributed by atoms with van der Waals surface area (Å²) in [4.78, 5) is 14.7. The third-order valence-corrected chi connectivity index (χ3v) is 6.57. The molecule has 1 heterocycles. The Hall–Kier alpha value is -1.01. The van der Waals surface area contributed by atoms with E-state index in [9.17, 15) is 13.2 Å². The van der Waals surface area contributed by atoms with Gasteiger partial charge in [-0.2, -0.15) is 0 Å². The molecule has 0 bridgehead atoms. The van der Waals surface area contributed by atoms with Crippen molar-refractivity contribution in [2.24, 2.45) is 0 Å². The topological polar surface area (TPSA) is 54.5 Å². The molecule has 1 aromatic rings. The Morgan fingerprint density at radius 2 is 1.95 bits per heavy atom. The molecule has 1 amide bonds. The van der Waals surface area contributed by atoms with Crippen LogP contribution in [0.15, 0.2) is 35.2 Å². The van der Waals surface area contributed by atoms with E-state index in [1.54, 1.807) is 23.6 Å². The number of sulfone groups is 1. The van der Waals surface area contributed by atoms with E-state index in [1.807, 2.05) is 30.3 Å². The number of hydrogen-bond donors (Lipinski definition) is 0. The Bertz CT molecular complexity index is 551. The molecule has 0 N–H and O–H groups in total. The number of carbonyl (C=O) groups is 1. The molecule has 20 heavy (non-hydrogen) atoms. The second kappa shape index (κ2) is 6.63. The van der Waals surface area contributed by atoms with Crippen LogP contribution in [0.5, 0.6) is 0 Å². The molecule has 0 atom stereocenters. The lowest BCUT2D eigenvalue weighted by Crippen LogP contribution is -2.57. The maximum absolute atomic E-state index is 11.9. The van der Waals surface area contributed by atoms with E-state index < -0.39 is 9.84 Å². The van der Waals surface area contributed by atoms with E-state index in [0.717, 1.165) is 10.6 Å². The maximum atomic E-state index is 11.9. The Balaban J connectivity index is 1.70. The zero-order valence-electron chi connectivity index (χ0n) is 11.5. The summed E-state index contributed by atoms with van der Waals surface area (Å²) < 4.78 is 23.2. The van der Waals surface area contributed by atoms with Crippen LogP contribution in [-0.4, -0.2) is 49.1 Å². The minimum absolute atomic E-state index is 0.0518. The second-order valence-electron chi connectivity index (χ2n) is 4.78. The summed E-state index contributed by atoms with van der Waals surface area (Å²) in [6.45, 7) is 2.38. The molecule has 1 aliphatic heterocycles. The summed E-state index contributed by atoms with van der Waals surface area (Å²) in [5.74, 6) is 0.935. The highest BCUT2D eigenvalue weighted by atomic mass is 32.2. The number of amides is 1. The predicted octanol–water partition coefficient (Wildman–Crippen LogP) is 1.81. The van der Waals surface area contributed by atoms with Crippen LogP contribution in [-0.2, 0) is 14.6 Å². The van der Waals surface area contributed by atoms with Gasteiger partial charge in [-0.05, 0) is 12.1 Å². The number of rotatable bonds is 6. The maximum Gasteiger partial charge on any atom is 0.223 e. The van der Waals surface area contributed by atoms with Gasteiger partial charge in [0.1, 0.15) is 0 Å². The molecular weight excluding hydrogens is 294 g/mol. The van der Waals surface area contributed by atoms with E-state index in [1.165, 1.54) is 0 Å². The molecule has 110 valence electrons. The number of nitrogens with zero attached hydrogens (tertiary/aromatic N) is 1. The van der Waals surface area contributed by atoms with Crippen molar-refractivity contribution in [2.45, 2.75) is 23.5 Å². The lowest BCUT2D eigenvalue weighted by molar-refractivity contribution is -0.133. The van der Waals surface area contributed by atoms with Crippen LogP contribution in [0.25, 0.3) is 0 Å². The standard InChI is InChI=1S/C14H19NO3S2/c1-2-20(17,18)13-10-15(11-13)14(16)8-9-19-12-6-4-3-5-7-12/h3-7,13H,2,8-11H2,1H3. The number of hydrogen-bond acceptors (Lipinski definition) is 4. The Labute approximate surface area is 124 Å². The van der Waals surface area contributed by atoms with E-state index in [2.05, 4.69) is 0 Å². The highest BCUT2D eigenvalue weighted by Crippen LogP contribution is 2.21. The summed E-state index contributed by atoms with van der Waals surface area (Å²) in [7, 11) is -2.99. The molecule has 0 unspecified atom stereocenters. The highest BCUT2D eigenvalue weighted by molar-refractivity contribution is 7.99. The molecule has 0 aliphatic carbocycles. The fraction of sp³-hybridized carbons (Fsp3) is 0.500. The van der Waals surface area contributed by atoms with Crippen LogP contribution >= 0.6 is 11.8 Å². The molecule has 0 saturated carbocycles. The van der Waals surface area contributed by atoms with Gasteiger partial charge in [0.25, 0.3) is 0 Å². The zero-order chi connectivity index (χ0) is 14.6. The minimum atomic E-state index is -2.99. The molecule has 1 aliphatic rings.